The first-order chi connectivity index (χ1) is 14.7. The number of rotatable bonds is 6. The van der Waals surface area contributed by atoms with Gasteiger partial charge in [-0.3, -0.25) is 9.59 Å². The van der Waals surface area contributed by atoms with Crippen LogP contribution in [0.3, 0.4) is 0 Å². The Morgan fingerprint density at radius 3 is 2.71 bits per heavy atom. The summed E-state index contributed by atoms with van der Waals surface area (Å²) in [4.78, 5) is 41.5. The highest BCUT2D eigenvalue weighted by molar-refractivity contribution is 5.94. The van der Waals surface area contributed by atoms with Crippen LogP contribution in [0.2, 0.25) is 0 Å². The van der Waals surface area contributed by atoms with Gasteiger partial charge in [0.25, 0.3) is 0 Å². The van der Waals surface area contributed by atoms with E-state index in [9.17, 15) is 14.4 Å². The van der Waals surface area contributed by atoms with Gasteiger partial charge in [-0.15, -0.1) is 0 Å². The molecule has 2 atom stereocenters. The third-order valence-corrected chi connectivity index (χ3v) is 5.17. The van der Waals surface area contributed by atoms with Crippen LogP contribution in [0.1, 0.15) is 52.1 Å². The molecule has 166 valence electrons. The summed E-state index contributed by atoms with van der Waals surface area (Å²) in [5, 5.41) is 11.8. The molecule has 2 aromatic rings. The number of fused-ring (bicyclic) bond motifs is 1. The molecule has 0 saturated heterocycles. The first-order valence-corrected chi connectivity index (χ1v) is 10.3. The molecule has 2 heterocycles. The number of carboxylic acid groups (broad SMARTS) is 1. The number of nitrogens with zero attached hydrogens (tertiary/aromatic N) is 3. The molecule has 31 heavy (non-hydrogen) atoms. The zero-order valence-corrected chi connectivity index (χ0v) is 18.2. The third kappa shape index (κ3) is 5.22. The van der Waals surface area contributed by atoms with E-state index >= 15 is 0 Å². The Labute approximate surface area is 181 Å². The highest BCUT2D eigenvalue weighted by Crippen LogP contribution is 2.39. The van der Waals surface area contributed by atoms with E-state index < -0.39 is 12.1 Å². The number of aromatic nitrogens is 2. The van der Waals surface area contributed by atoms with Crippen molar-refractivity contribution in [1.82, 2.24) is 14.9 Å². The van der Waals surface area contributed by atoms with E-state index in [-0.39, 0.29) is 30.5 Å². The first-order valence-electron chi connectivity index (χ1n) is 10.3. The van der Waals surface area contributed by atoms with Crippen molar-refractivity contribution in [3.8, 4) is 11.3 Å². The van der Waals surface area contributed by atoms with Crippen molar-refractivity contribution in [1.29, 1.82) is 0 Å². The van der Waals surface area contributed by atoms with Gasteiger partial charge in [-0.05, 0) is 44.9 Å². The lowest BCUT2D eigenvalue weighted by molar-refractivity contribution is -0.137. The van der Waals surface area contributed by atoms with Gasteiger partial charge in [0, 0.05) is 37.0 Å². The fraction of sp³-hybridized carbons (Fsp3) is 0.455. The zero-order valence-electron chi connectivity index (χ0n) is 18.2. The average molecular weight is 428 g/mol. The molecule has 0 spiro atoms. The fourth-order valence-electron chi connectivity index (χ4n) is 3.89. The van der Waals surface area contributed by atoms with Gasteiger partial charge in [0.15, 0.2) is 0 Å². The number of alkyl carbamates (subject to hydrolysis) is 1. The molecule has 9 heteroatoms. The molecule has 0 radical (unpaired) electrons. The number of aryl methyl sites for hydroxylation is 1. The quantitative estimate of drug-likeness (QED) is 0.729. The first kappa shape index (κ1) is 22.3. The van der Waals surface area contributed by atoms with E-state index in [1.807, 2.05) is 25.1 Å². The van der Waals surface area contributed by atoms with Crippen molar-refractivity contribution >= 4 is 23.7 Å². The predicted octanol–water partition coefficient (Wildman–Crippen LogP) is 3.35. The molecule has 0 saturated carbocycles. The van der Waals surface area contributed by atoms with E-state index in [4.69, 9.17) is 9.84 Å². The second kappa shape index (κ2) is 9.20. The molecule has 2 amide bonds. The number of aliphatic carboxylic acids is 1. The summed E-state index contributed by atoms with van der Waals surface area (Å²) in [6.07, 6.45) is 3.20. The standard InChI is InChI=1S/C22H28N4O5/c1-13(2)31-22(30)24-18-9-14(3)26(15(4)27)20-6-5-16(10-17(18)20)19-11-25(12-23-19)8-7-21(28)29/h5-6,10-14,18H,7-9H2,1-4H3,(H,24,30)(H,28,29)/t14-,18+/m1/s1. The maximum Gasteiger partial charge on any atom is 0.407 e. The Balaban J connectivity index is 1.94. The van der Waals surface area contributed by atoms with Gasteiger partial charge in [-0.2, -0.15) is 0 Å². The SMILES string of the molecule is CC(=O)N1c2ccc(-c3cn(CCC(=O)O)cn3)cc2[C@@H](NC(=O)OC(C)C)C[C@H]1C. The minimum absolute atomic E-state index is 0.00933. The fourth-order valence-corrected chi connectivity index (χ4v) is 3.89. The maximum absolute atomic E-state index is 12.3. The molecule has 1 aliphatic rings. The van der Waals surface area contributed by atoms with Gasteiger partial charge < -0.3 is 24.6 Å². The summed E-state index contributed by atoms with van der Waals surface area (Å²) >= 11 is 0. The number of ether oxygens (including phenoxy) is 1. The maximum atomic E-state index is 12.3. The molecule has 2 N–H and O–H groups in total. The number of carbonyl (C=O) groups is 3. The smallest absolute Gasteiger partial charge is 0.407 e. The summed E-state index contributed by atoms with van der Waals surface area (Å²) in [7, 11) is 0. The van der Waals surface area contributed by atoms with Crippen molar-refractivity contribution < 1.29 is 24.2 Å². The number of benzene rings is 1. The van der Waals surface area contributed by atoms with Gasteiger partial charge in [0.05, 0.1) is 30.6 Å². The minimum atomic E-state index is -0.871. The second-order valence-corrected chi connectivity index (χ2v) is 8.04. The van der Waals surface area contributed by atoms with Crippen LogP contribution < -0.4 is 10.2 Å². The van der Waals surface area contributed by atoms with Crippen LogP contribution in [-0.2, 0) is 20.9 Å². The highest BCUT2D eigenvalue weighted by Gasteiger charge is 2.34. The Morgan fingerprint density at radius 2 is 2.06 bits per heavy atom. The van der Waals surface area contributed by atoms with Crippen molar-refractivity contribution in [2.45, 2.75) is 65.3 Å². The Morgan fingerprint density at radius 1 is 1.32 bits per heavy atom. The largest absolute Gasteiger partial charge is 0.481 e. The van der Waals surface area contributed by atoms with Crippen molar-refractivity contribution in [2.75, 3.05) is 4.90 Å². The zero-order chi connectivity index (χ0) is 22.7. The normalized spacial score (nSPS) is 17.9. The molecule has 9 nitrogen and oxygen atoms in total. The van der Waals surface area contributed by atoms with E-state index in [2.05, 4.69) is 10.3 Å². The van der Waals surface area contributed by atoms with Crippen LogP contribution in [-0.4, -0.2) is 44.8 Å². The molecule has 1 aromatic heterocycles. The minimum Gasteiger partial charge on any atom is -0.481 e. The average Bonchev–Trinajstić information content (AvgIpc) is 3.14. The third-order valence-electron chi connectivity index (χ3n) is 5.17. The molecule has 1 aromatic carbocycles. The lowest BCUT2D eigenvalue weighted by Crippen LogP contribution is -2.45. The summed E-state index contributed by atoms with van der Waals surface area (Å²) < 4.78 is 6.97. The molecule has 0 fully saturated rings. The van der Waals surface area contributed by atoms with Gasteiger partial charge >= 0.3 is 12.1 Å². The molecule has 0 bridgehead atoms. The molecule has 1 aliphatic heterocycles. The topological polar surface area (TPSA) is 114 Å². The Kier molecular flexibility index (Phi) is 6.62. The van der Waals surface area contributed by atoms with Crippen molar-refractivity contribution in [3.63, 3.8) is 0 Å². The van der Waals surface area contributed by atoms with Crippen LogP contribution >= 0.6 is 0 Å². The molecular weight excluding hydrogens is 400 g/mol. The number of imidazole rings is 1. The molecule has 0 unspecified atom stereocenters. The van der Waals surface area contributed by atoms with Gasteiger partial charge in [-0.25, -0.2) is 9.78 Å². The van der Waals surface area contributed by atoms with E-state index in [0.29, 0.717) is 18.7 Å². The van der Waals surface area contributed by atoms with Gasteiger partial charge in [0.1, 0.15) is 0 Å². The number of hydrogen-bond donors (Lipinski definition) is 2. The van der Waals surface area contributed by atoms with Crippen molar-refractivity contribution in [3.05, 3.63) is 36.3 Å². The van der Waals surface area contributed by atoms with E-state index in [1.165, 1.54) is 6.92 Å². The Hall–Kier alpha value is -3.36. The van der Waals surface area contributed by atoms with Gasteiger partial charge in [-0.1, -0.05) is 6.07 Å². The van der Waals surface area contributed by atoms with Gasteiger partial charge in [0.2, 0.25) is 5.91 Å². The monoisotopic (exact) mass is 428 g/mol. The summed E-state index contributed by atoms with van der Waals surface area (Å²) in [5.41, 5.74) is 3.06. The van der Waals surface area contributed by atoms with Crippen LogP contribution in [0.4, 0.5) is 10.5 Å². The van der Waals surface area contributed by atoms with Crippen LogP contribution in [0, 0.1) is 0 Å². The number of carbonyl (C=O) groups excluding carboxylic acids is 2. The van der Waals surface area contributed by atoms with Crippen LogP contribution in [0.25, 0.3) is 11.3 Å². The molecule has 3 rings (SSSR count). The molecular formula is C22H28N4O5. The highest BCUT2D eigenvalue weighted by atomic mass is 16.6. The number of hydrogen-bond acceptors (Lipinski definition) is 5. The van der Waals surface area contributed by atoms with Crippen molar-refractivity contribution in [2.24, 2.45) is 0 Å². The predicted molar refractivity (Wildman–Crippen MR) is 115 cm³/mol. The Bertz CT molecular complexity index is 984. The summed E-state index contributed by atoms with van der Waals surface area (Å²) in [5.74, 6) is -0.938. The number of anilines is 1. The summed E-state index contributed by atoms with van der Waals surface area (Å²) in [6, 6.07) is 5.25. The number of nitrogens with one attached hydrogen (secondary N) is 1. The number of carboxylic acids is 1. The molecule has 0 aliphatic carbocycles. The summed E-state index contributed by atoms with van der Waals surface area (Å²) in [6.45, 7) is 7.37. The van der Waals surface area contributed by atoms with E-state index in [0.717, 1.165) is 16.8 Å². The lowest BCUT2D eigenvalue weighted by Gasteiger charge is -2.39. The van der Waals surface area contributed by atoms with Crippen LogP contribution in [0.5, 0.6) is 0 Å². The van der Waals surface area contributed by atoms with Crippen LogP contribution in [0.15, 0.2) is 30.7 Å². The van der Waals surface area contributed by atoms with E-state index in [1.54, 1.807) is 35.8 Å². The lowest BCUT2D eigenvalue weighted by atomic mass is 9.90. The second-order valence-electron chi connectivity index (χ2n) is 8.04. The number of amides is 2.